The average Bonchev–Trinajstić information content (AvgIpc) is 3.21. The van der Waals surface area contributed by atoms with Crippen molar-refractivity contribution >= 4 is 44.4 Å². The molecule has 0 aliphatic heterocycles. The Labute approximate surface area is 136 Å². The molecular formula is C14H18BrIN2O. The zero-order valence-electron chi connectivity index (χ0n) is 11.0. The summed E-state index contributed by atoms with van der Waals surface area (Å²) in [6.45, 7) is 4.89. The summed E-state index contributed by atoms with van der Waals surface area (Å²) in [5.74, 6) is -0.00255. The van der Waals surface area contributed by atoms with Crippen LogP contribution in [0.2, 0.25) is 0 Å². The standard InChI is InChI=1S/C14H18BrIN2O/c1-2-18(11-4-5-11)8-7-17-14(19)12-9-10(16)3-6-13(12)15/h3,6,9,11H,2,4-5,7-8H2,1H3,(H,17,19). The maximum atomic E-state index is 12.1. The van der Waals surface area contributed by atoms with Gasteiger partial charge in [-0.3, -0.25) is 9.69 Å². The first kappa shape index (κ1) is 15.3. The Morgan fingerprint density at radius 2 is 2.26 bits per heavy atom. The molecule has 1 amide bonds. The molecule has 1 saturated carbocycles. The van der Waals surface area contributed by atoms with Crippen molar-refractivity contribution in [3.8, 4) is 0 Å². The predicted octanol–water partition coefficient (Wildman–Crippen LogP) is 3.27. The molecule has 1 aliphatic rings. The number of amides is 1. The zero-order chi connectivity index (χ0) is 13.8. The lowest BCUT2D eigenvalue weighted by molar-refractivity contribution is 0.0947. The van der Waals surface area contributed by atoms with Gasteiger partial charge in [0.2, 0.25) is 0 Å². The van der Waals surface area contributed by atoms with Crippen LogP contribution in [0.15, 0.2) is 22.7 Å². The Morgan fingerprint density at radius 1 is 1.53 bits per heavy atom. The molecule has 5 heteroatoms. The summed E-state index contributed by atoms with van der Waals surface area (Å²) in [4.78, 5) is 14.5. The minimum atomic E-state index is -0.00255. The molecule has 1 aliphatic carbocycles. The second-order valence-electron chi connectivity index (χ2n) is 4.74. The monoisotopic (exact) mass is 436 g/mol. The SMILES string of the molecule is CCN(CCNC(=O)c1cc(I)ccc1Br)C1CC1. The number of benzene rings is 1. The summed E-state index contributed by atoms with van der Waals surface area (Å²) in [5.41, 5.74) is 0.710. The van der Waals surface area contributed by atoms with Crippen LogP contribution in [0.4, 0.5) is 0 Å². The van der Waals surface area contributed by atoms with Gasteiger partial charge in [-0.25, -0.2) is 0 Å². The van der Waals surface area contributed by atoms with Gasteiger partial charge in [0, 0.05) is 27.2 Å². The highest BCUT2D eigenvalue weighted by molar-refractivity contribution is 14.1. The van der Waals surface area contributed by atoms with Gasteiger partial charge < -0.3 is 5.32 Å². The second kappa shape index (κ2) is 7.04. The Morgan fingerprint density at radius 3 is 2.89 bits per heavy atom. The maximum absolute atomic E-state index is 12.1. The molecule has 0 bridgehead atoms. The van der Waals surface area contributed by atoms with Crippen molar-refractivity contribution in [3.63, 3.8) is 0 Å². The Balaban J connectivity index is 1.85. The number of carbonyl (C=O) groups is 1. The van der Waals surface area contributed by atoms with Crippen molar-refractivity contribution in [2.24, 2.45) is 0 Å². The van der Waals surface area contributed by atoms with Crippen LogP contribution in [0.25, 0.3) is 0 Å². The highest BCUT2D eigenvalue weighted by atomic mass is 127. The average molecular weight is 437 g/mol. The molecule has 104 valence electrons. The van der Waals surface area contributed by atoms with Crippen LogP contribution in [-0.4, -0.2) is 36.5 Å². The summed E-state index contributed by atoms with van der Waals surface area (Å²) in [5, 5.41) is 3.00. The molecule has 1 aromatic carbocycles. The molecule has 0 radical (unpaired) electrons. The van der Waals surface area contributed by atoms with E-state index < -0.39 is 0 Å². The number of halogens is 2. The summed E-state index contributed by atoms with van der Waals surface area (Å²) in [6, 6.07) is 6.55. The fourth-order valence-electron chi connectivity index (χ4n) is 2.12. The number of likely N-dealkylation sites (N-methyl/N-ethyl adjacent to an activating group) is 1. The van der Waals surface area contributed by atoms with Crippen molar-refractivity contribution in [1.29, 1.82) is 0 Å². The molecule has 3 nitrogen and oxygen atoms in total. The maximum Gasteiger partial charge on any atom is 0.252 e. The van der Waals surface area contributed by atoms with E-state index >= 15 is 0 Å². The predicted molar refractivity (Wildman–Crippen MR) is 89.5 cm³/mol. The van der Waals surface area contributed by atoms with Crippen LogP contribution in [0, 0.1) is 3.57 Å². The smallest absolute Gasteiger partial charge is 0.252 e. The van der Waals surface area contributed by atoms with E-state index in [1.165, 1.54) is 12.8 Å². The van der Waals surface area contributed by atoms with Crippen molar-refractivity contribution < 1.29 is 4.79 Å². The molecular weight excluding hydrogens is 419 g/mol. The zero-order valence-corrected chi connectivity index (χ0v) is 14.7. The van der Waals surface area contributed by atoms with Gasteiger partial charge in [0.25, 0.3) is 5.91 Å². The van der Waals surface area contributed by atoms with E-state index in [-0.39, 0.29) is 5.91 Å². The molecule has 0 spiro atoms. The van der Waals surface area contributed by atoms with Gasteiger partial charge in [-0.2, -0.15) is 0 Å². The number of rotatable bonds is 6. The third-order valence-corrected chi connectivity index (χ3v) is 4.69. The highest BCUT2D eigenvalue weighted by Gasteiger charge is 2.27. The van der Waals surface area contributed by atoms with Gasteiger partial charge in [0.05, 0.1) is 5.56 Å². The van der Waals surface area contributed by atoms with Crippen molar-refractivity contribution in [3.05, 3.63) is 31.8 Å². The third-order valence-electron chi connectivity index (χ3n) is 3.33. The van der Waals surface area contributed by atoms with E-state index in [9.17, 15) is 4.79 Å². The molecule has 1 N–H and O–H groups in total. The Bertz CT molecular complexity index is 463. The summed E-state index contributed by atoms with van der Waals surface area (Å²) in [6.07, 6.45) is 2.62. The van der Waals surface area contributed by atoms with Gasteiger partial charge >= 0.3 is 0 Å². The fraction of sp³-hybridized carbons (Fsp3) is 0.500. The van der Waals surface area contributed by atoms with E-state index in [1.54, 1.807) is 0 Å². The van der Waals surface area contributed by atoms with E-state index in [0.717, 1.165) is 27.2 Å². The first-order valence-corrected chi connectivity index (χ1v) is 8.46. The molecule has 0 heterocycles. The number of nitrogens with one attached hydrogen (secondary N) is 1. The molecule has 0 aromatic heterocycles. The number of hydrogen-bond donors (Lipinski definition) is 1. The van der Waals surface area contributed by atoms with Crippen molar-refractivity contribution in [2.45, 2.75) is 25.8 Å². The molecule has 1 fully saturated rings. The van der Waals surface area contributed by atoms with Gasteiger partial charge in [0.15, 0.2) is 0 Å². The molecule has 19 heavy (non-hydrogen) atoms. The number of nitrogens with zero attached hydrogens (tertiary/aromatic N) is 1. The lowest BCUT2D eigenvalue weighted by Crippen LogP contribution is -2.36. The minimum Gasteiger partial charge on any atom is -0.351 e. The minimum absolute atomic E-state index is 0.00255. The normalized spacial score (nSPS) is 14.7. The molecule has 0 saturated heterocycles. The first-order chi connectivity index (χ1) is 9.11. The van der Waals surface area contributed by atoms with E-state index in [2.05, 4.69) is 55.7 Å². The third kappa shape index (κ3) is 4.43. The van der Waals surface area contributed by atoms with Gasteiger partial charge in [-0.15, -0.1) is 0 Å². The van der Waals surface area contributed by atoms with E-state index in [4.69, 9.17) is 0 Å². The fourth-order valence-corrected chi connectivity index (χ4v) is 3.04. The van der Waals surface area contributed by atoms with Gasteiger partial charge in [-0.1, -0.05) is 6.92 Å². The number of hydrogen-bond acceptors (Lipinski definition) is 2. The molecule has 1 aromatic rings. The van der Waals surface area contributed by atoms with Crippen LogP contribution in [0.1, 0.15) is 30.1 Å². The van der Waals surface area contributed by atoms with Gasteiger partial charge in [-0.05, 0) is 76.1 Å². The highest BCUT2D eigenvalue weighted by Crippen LogP contribution is 2.25. The van der Waals surface area contributed by atoms with Crippen LogP contribution >= 0.6 is 38.5 Å². The summed E-state index contributed by atoms with van der Waals surface area (Å²) >= 11 is 5.64. The largest absolute Gasteiger partial charge is 0.351 e. The van der Waals surface area contributed by atoms with Crippen molar-refractivity contribution in [1.82, 2.24) is 10.2 Å². The first-order valence-electron chi connectivity index (χ1n) is 6.59. The lowest BCUT2D eigenvalue weighted by atomic mass is 10.2. The van der Waals surface area contributed by atoms with Crippen LogP contribution in [0.5, 0.6) is 0 Å². The molecule has 2 rings (SSSR count). The molecule has 0 atom stereocenters. The number of carbonyl (C=O) groups excluding carboxylic acids is 1. The molecule has 0 unspecified atom stereocenters. The van der Waals surface area contributed by atoms with E-state index in [1.807, 2.05) is 18.2 Å². The van der Waals surface area contributed by atoms with Crippen molar-refractivity contribution in [2.75, 3.05) is 19.6 Å². The van der Waals surface area contributed by atoms with Gasteiger partial charge in [0.1, 0.15) is 0 Å². The second-order valence-corrected chi connectivity index (χ2v) is 6.84. The Kier molecular flexibility index (Phi) is 5.65. The topological polar surface area (TPSA) is 32.3 Å². The Hall–Kier alpha value is -0.140. The van der Waals surface area contributed by atoms with Crippen LogP contribution in [-0.2, 0) is 0 Å². The quantitative estimate of drug-likeness (QED) is 0.694. The lowest BCUT2D eigenvalue weighted by Gasteiger charge is -2.19. The van der Waals surface area contributed by atoms with Crippen LogP contribution < -0.4 is 5.32 Å². The summed E-state index contributed by atoms with van der Waals surface area (Å²) in [7, 11) is 0. The summed E-state index contributed by atoms with van der Waals surface area (Å²) < 4.78 is 1.92. The van der Waals surface area contributed by atoms with Crippen LogP contribution in [0.3, 0.4) is 0 Å². The van der Waals surface area contributed by atoms with E-state index in [0.29, 0.717) is 12.1 Å².